The lowest BCUT2D eigenvalue weighted by atomic mass is 9.93. The molecule has 2 aromatic heterocycles. The Morgan fingerprint density at radius 2 is 1.65 bits per heavy atom. The summed E-state index contributed by atoms with van der Waals surface area (Å²) >= 11 is 0. The first-order valence-electron chi connectivity index (χ1n) is 17.6. The van der Waals surface area contributed by atoms with Crippen molar-refractivity contribution < 1.29 is 55.3 Å². The summed E-state index contributed by atoms with van der Waals surface area (Å²) in [6, 6.07) is 0.252. The minimum atomic E-state index is -5.43. The number of hydrogen-bond acceptors (Lipinski definition) is 10. The Bertz CT molecular complexity index is 2100. The lowest BCUT2D eigenvalue weighted by molar-refractivity contribution is -0.275. The van der Waals surface area contributed by atoms with Gasteiger partial charge in [-0.25, -0.2) is 28.3 Å². The smallest absolute Gasteiger partial charge is 0.472 e. The first kappa shape index (κ1) is 39.5. The lowest BCUT2D eigenvalue weighted by Crippen LogP contribution is -2.69. The lowest BCUT2D eigenvalue weighted by Gasteiger charge is -2.52. The molecule has 1 aromatic carbocycles. The molecular weight excluding hydrogens is 735 g/mol. The Hall–Kier alpha value is -5.16. The average Bonchev–Trinajstić information content (AvgIpc) is 3.21. The number of fused-ring (bicyclic) bond motifs is 5. The number of piperazine rings is 1. The third-order valence-corrected chi connectivity index (χ3v) is 9.68. The number of carbonyl (C=O) groups excluding carboxylic acids is 3. The molecule has 0 aliphatic carbocycles. The predicted molar refractivity (Wildman–Crippen MR) is 190 cm³/mol. The standard InChI is InChI=1S/C37H43F5N6O7/c1-16-22-23-29(45-25(16)30(49)43-10)47-15-36(9)12-11-21(48(36)33(51)55-35(6,7)8)27(47)17(2)52-31(23)46-26(24(22)39)19-13-18(44-32(50)54-34(3,4)5)14-20(38)28(19)53-37(40,41)42/h13-14,17,21,27H,11-12,15H2,1-10H3,(H,43,49)(H,44,50)/t17-,21-,27+,36+/m0/s1. The van der Waals surface area contributed by atoms with Crippen molar-refractivity contribution in [1.29, 1.82) is 0 Å². The molecule has 55 heavy (non-hydrogen) atoms. The fraction of sp³-hybridized carbons (Fsp3) is 0.541. The zero-order valence-corrected chi connectivity index (χ0v) is 32.0. The topological polar surface area (TPSA) is 144 Å². The highest BCUT2D eigenvalue weighted by Crippen LogP contribution is 2.51. The molecule has 2 bridgehead atoms. The molecule has 2 N–H and O–H groups in total. The molecule has 3 aromatic rings. The molecule has 3 aliphatic rings. The van der Waals surface area contributed by atoms with Gasteiger partial charge in [0.2, 0.25) is 5.88 Å². The summed E-state index contributed by atoms with van der Waals surface area (Å²) in [5, 5.41) is 4.47. The summed E-state index contributed by atoms with van der Waals surface area (Å²) in [7, 11) is 1.35. The monoisotopic (exact) mass is 778 g/mol. The van der Waals surface area contributed by atoms with Crippen molar-refractivity contribution in [3.8, 4) is 22.9 Å². The third kappa shape index (κ3) is 7.34. The molecule has 4 atom stereocenters. The van der Waals surface area contributed by atoms with Gasteiger partial charge in [-0.2, -0.15) is 0 Å². The first-order chi connectivity index (χ1) is 25.3. The van der Waals surface area contributed by atoms with Crippen LogP contribution >= 0.6 is 0 Å². The quantitative estimate of drug-likeness (QED) is 0.254. The fourth-order valence-corrected chi connectivity index (χ4v) is 7.72. The Morgan fingerprint density at radius 3 is 2.25 bits per heavy atom. The van der Waals surface area contributed by atoms with E-state index in [1.165, 1.54) is 14.0 Å². The van der Waals surface area contributed by atoms with E-state index in [0.717, 1.165) is 6.07 Å². The fourth-order valence-electron chi connectivity index (χ4n) is 7.72. The summed E-state index contributed by atoms with van der Waals surface area (Å²) in [6.07, 6.45) is -6.76. The van der Waals surface area contributed by atoms with Gasteiger partial charge >= 0.3 is 18.5 Å². The van der Waals surface area contributed by atoms with Gasteiger partial charge in [-0.3, -0.25) is 15.0 Å². The SMILES string of the molecule is CNC(=O)c1nc2c3c(nc(-c4cc(NC(=O)OC(C)(C)C)cc(F)c4OC(F)(F)F)c(F)c3c1C)O[C@@H](C)[C@@H]1[C@@H]3CC[C@](C)(CN21)N3C(=O)OC(C)(C)C. The molecule has 3 aliphatic heterocycles. The molecule has 298 valence electrons. The average molecular weight is 779 g/mol. The van der Waals surface area contributed by atoms with Crippen molar-refractivity contribution in [1.82, 2.24) is 20.2 Å². The number of benzene rings is 1. The van der Waals surface area contributed by atoms with Gasteiger partial charge in [-0.05, 0) is 86.8 Å². The van der Waals surface area contributed by atoms with Gasteiger partial charge in [0.25, 0.3) is 5.91 Å². The minimum Gasteiger partial charge on any atom is -0.472 e. The Balaban J connectivity index is 1.60. The number of aromatic nitrogens is 2. The molecule has 2 fully saturated rings. The van der Waals surface area contributed by atoms with Gasteiger partial charge < -0.3 is 29.2 Å². The van der Waals surface area contributed by atoms with Crippen LogP contribution in [0, 0.1) is 18.6 Å². The van der Waals surface area contributed by atoms with E-state index < -0.39 is 93.7 Å². The van der Waals surface area contributed by atoms with Crippen molar-refractivity contribution >= 4 is 40.4 Å². The molecule has 2 saturated heterocycles. The van der Waals surface area contributed by atoms with E-state index in [1.54, 1.807) is 53.4 Å². The van der Waals surface area contributed by atoms with Crippen LogP contribution in [0.1, 0.15) is 84.3 Å². The maximum Gasteiger partial charge on any atom is 0.573 e. The van der Waals surface area contributed by atoms with Crippen LogP contribution in [0.25, 0.3) is 22.0 Å². The van der Waals surface area contributed by atoms with E-state index in [1.807, 2.05) is 11.8 Å². The Morgan fingerprint density at radius 1 is 1.00 bits per heavy atom. The molecular formula is C37H43F5N6O7. The van der Waals surface area contributed by atoms with Crippen LogP contribution in [0.3, 0.4) is 0 Å². The van der Waals surface area contributed by atoms with Gasteiger partial charge in [0.1, 0.15) is 34.5 Å². The van der Waals surface area contributed by atoms with Gasteiger partial charge in [0, 0.05) is 30.7 Å². The predicted octanol–water partition coefficient (Wildman–Crippen LogP) is 7.62. The van der Waals surface area contributed by atoms with Crippen molar-refractivity contribution in [2.24, 2.45) is 0 Å². The van der Waals surface area contributed by atoms with Crippen molar-refractivity contribution in [3.05, 3.63) is 35.0 Å². The number of nitrogens with zero attached hydrogens (tertiary/aromatic N) is 4. The maximum atomic E-state index is 17.3. The Kier molecular flexibility index (Phi) is 9.53. The van der Waals surface area contributed by atoms with Crippen molar-refractivity contribution in [3.63, 3.8) is 0 Å². The van der Waals surface area contributed by atoms with Crippen molar-refractivity contribution in [2.75, 3.05) is 23.8 Å². The summed E-state index contributed by atoms with van der Waals surface area (Å²) in [4.78, 5) is 52.3. The first-order valence-corrected chi connectivity index (χ1v) is 17.6. The third-order valence-electron chi connectivity index (χ3n) is 9.68. The highest BCUT2D eigenvalue weighted by atomic mass is 19.4. The summed E-state index contributed by atoms with van der Waals surface area (Å²) in [5.41, 5.74) is -4.89. The van der Waals surface area contributed by atoms with E-state index in [2.05, 4.69) is 20.4 Å². The molecule has 13 nitrogen and oxygen atoms in total. The largest absolute Gasteiger partial charge is 0.573 e. The number of halogens is 5. The van der Waals surface area contributed by atoms with E-state index in [-0.39, 0.29) is 40.3 Å². The van der Waals surface area contributed by atoms with E-state index in [9.17, 15) is 27.6 Å². The van der Waals surface area contributed by atoms with Crippen LogP contribution in [0.4, 0.5) is 43.0 Å². The molecule has 3 amide bonds. The number of hydrogen-bond donors (Lipinski definition) is 2. The molecule has 0 radical (unpaired) electrons. The maximum absolute atomic E-state index is 17.3. The van der Waals surface area contributed by atoms with Crippen LogP contribution in [0.2, 0.25) is 0 Å². The molecule has 0 unspecified atom stereocenters. The number of ether oxygens (including phenoxy) is 4. The summed E-state index contributed by atoms with van der Waals surface area (Å²) < 4.78 is 95.8. The zero-order valence-electron chi connectivity index (χ0n) is 32.0. The number of rotatable bonds is 4. The molecule has 0 spiro atoms. The van der Waals surface area contributed by atoms with Gasteiger partial charge in [0.05, 0.1) is 28.6 Å². The summed E-state index contributed by atoms with van der Waals surface area (Å²) in [5.74, 6) is -5.16. The number of nitrogens with one attached hydrogen (secondary N) is 2. The van der Waals surface area contributed by atoms with E-state index in [4.69, 9.17) is 19.2 Å². The van der Waals surface area contributed by atoms with E-state index in [0.29, 0.717) is 18.9 Å². The Labute approximate surface area is 313 Å². The summed E-state index contributed by atoms with van der Waals surface area (Å²) in [6.45, 7) is 15.1. The number of carbonyl (C=O) groups is 3. The van der Waals surface area contributed by atoms with E-state index >= 15 is 8.78 Å². The highest BCUT2D eigenvalue weighted by Gasteiger charge is 2.59. The number of anilines is 2. The highest BCUT2D eigenvalue weighted by molar-refractivity contribution is 6.07. The van der Waals surface area contributed by atoms with Crippen molar-refractivity contribution in [2.45, 2.75) is 116 Å². The molecule has 5 heterocycles. The minimum absolute atomic E-state index is 0.0104. The number of aryl methyl sites for hydroxylation is 1. The van der Waals surface area contributed by atoms with Crippen LogP contribution < -0.4 is 25.0 Å². The normalized spacial score (nSPS) is 22.1. The molecule has 18 heteroatoms. The second kappa shape index (κ2) is 13.3. The number of alkyl halides is 3. The molecule has 6 rings (SSSR count). The zero-order chi connectivity index (χ0) is 40.7. The van der Waals surface area contributed by atoms with Crippen LogP contribution in [0.5, 0.6) is 11.6 Å². The van der Waals surface area contributed by atoms with Crippen LogP contribution in [-0.2, 0) is 9.47 Å². The van der Waals surface area contributed by atoms with Crippen LogP contribution in [0.15, 0.2) is 12.1 Å². The molecule has 0 saturated carbocycles. The van der Waals surface area contributed by atoms with Crippen LogP contribution in [-0.4, -0.2) is 87.8 Å². The van der Waals surface area contributed by atoms with Gasteiger partial charge in [-0.15, -0.1) is 13.2 Å². The number of pyridine rings is 2. The second-order valence-corrected chi connectivity index (χ2v) is 16.2. The second-order valence-electron chi connectivity index (χ2n) is 16.2. The van der Waals surface area contributed by atoms with Gasteiger partial charge in [0.15, 0.2) is 17.4 Å². The van der Waals surface area contributed by atoms with Gasteiger partial charge in [-0.1, -0.05) is 0 Å². The number of amides is 3.